The van der Waals surface area contributed by atoms with E-state index in [9.17, 15) is 9.59 Å². The summed E-state index contributed by atoms with van der Waals surface area (Å²) >= 11 is 0. The van der Waals surface area contributed by atoms with Crippen molar-refractivity contribution >= 4 is 11.8 Å². The third kappa shape index (κ3) is 4.24. The molecule has 1 aromatic heterocycles. The summed E-state index contributed by atoms with van der Waals surface area (Å²) in [5.41, 5.74) is 1.92. The van der Waals surface area contributed by atoms with E-state index in [4.69, 9.17) is 0 Å². The predicted molar refractivity (Wildman–Crippen MR) is 98.2 cm³/mol. The third-order valence-electron chi connectivity index (χ3n) is 6.02. The molecule has 1 aliphatic heterocycles. The topological polar surface area (TPSA) is 91.0 Å². The Bertz CT molecular complexity index is 636. The highest BCUT2D eigenvalue weighted by Gasteiger charge is 2.33. The van der Waals surface area contributed by atoms with Gasteiger partial charge in [-0.3, -0.25) is 9.59 Å². The quantitative estimate of drug-likeness (QED) is 0.771. The lowest BCUT2D eigenvalue weighted by molar-refractivity contribution is -0.139. The molecule has 2 aliphatic rings. The molecule has 2 N–H and O–H groups in total. The fraction of sp³-hybridized carbons (Fsp3) is 0.789. The molecule has 0 radical (unpaired) electrons. The van der Waals surface area contributed by atoms with Crippen molar-refractivity contribution in [2.45, 2.75) is 52.9 Å². The van der Waals surface area contributed by atoms with Crippen LogP contribution in [0, 0.1) is 23.7 Å². The molecule has 1 unspecified atom stereocenters. The molecule has 2 heterocycles. The van der Waals surface area contributed by atoms with Crippen LogP contribution in [0.25, 0.3) is 0 Å². The number of nitrogens with one attached hydrogen (secondary N) is 2. The number of hydrogen-bond donors (Lipinski definition) is 2. The van der Waals surface area contributed by atoms with Crippen molar-refractivity contribution in [1.29, 1.82) is 0 Å². The molecular formula is C19H31N5O2. The zero-order valence-corrected chi connectivity index (χ0v) is 16.1. The maximum atomic E-state index is 12.4. The first-order valence-electron chi connectivity index (χ1n) is 9.91. The fourth-order valence-electron chi connectivity index (χ4n) is 4.01. The Balaban J connectivity index is 1.36. The van der Waals surface area contributed by atoms with Crippen molar-refractivity contribution < 1.29 is 9.59 Å². The van der Waals surface area contributed by atoms with E-state index in [-0.39, 0.29) is 17.7 Å². The number of nitrogens with zero attached hydrogens (tertiary/aromatic N) is 3. The molecule has 1 aromatic rings. The molecule has 0 bridgehead atoms. The number of rotatable bonds is 7. The second-order valence-electron chi connectivity index (χ2n) is 8.18. The van der Waals surface area contributed by atoms with Crippen LogP contribution in [0.3, 0.4) is 0 Å². The Labute approximate surface area is 155 Å². The van der Waals surface area contributed by atoms with Crippen molar-refractivity contribution in [3.63, 3.8) is 0 Å². The van der Waals surface area contributed by atoms with Gasteiger partial charge >= 0.3 is 0 Å². The smallest absolute Gasteiger partial charge is 0.223 e. The monoisotopic (exact) mass is 361 g/mol. The maximum absolute atomic E-state index is 12.4. The molecule has 0 spiro atoms. The number of H-pyrrole nitrogens is 1. The largest absolute Gasteiger partial charge is 0.355 e. The lowest BCUT2D eigenvalue weighted by Gasteiger charge is -2.40. The van der Waals surface area contributed by atoms with Crippen molar-refractivity contribution in [2.75, 3.05) is 19.6 Å². The summed E-state index contributed by atoms with van der Waals surface area (Å²) in [6.07, 6.45) is 4.00. The Morgan fingerprint density at radius 2 is 2.00 bits per heavy atom. The minimum absolute atomic E-state index is 0.0123. The van der Waals surface area contributed by atoms with Crippen molar-refractivity contribution in [1.82, 2.24) is 25.6 Å². The second-order valence-corrected chi connectivity index (χ2v) is 8.18. The molecular weight excluding hydrogens is 330 g/mol. The van der Waals surface area contributed by atoms with E-state index in [1.807, 2.05) is 4.90 Å². The van der Waals surface area contributed by atoms with Crippen LogP contribution in [0.5, 0.6) is 0 Å². The van der Waals surface area contributed by atoms with E-state index in [1.54, 1.807) is 0 Å². The van der Waals surface area contributed by atoms with Crippen LogP contribution in [-0.2, 0) is 22.4 Å². The van der Waals surface area contributed by atoms with E-state index >= 15 is 0 Å². The van der Waals surface area contributed by atoms with Crippen LogP contribution in [-0.4, -0.2) is 51.8 Å². The van der Waals surface area contributed by atoms with E-state index < -0.39 is 0 Å². The summed E-state index contributed by atoms with van der Waals surface area (Å²) < 4.78 is 0. The molecule has 2 amide bonds. The molecule has 1 fully saturated rings. The average molecular weight is 361 g/mol. The zero-order valence-electron chi connectivity index (χ0n) is 16.1. The normalized spacial score (nSPS) is 21.2. The number of aromatic amines is 1. The number of aromatic nitrogens is 3. The number of carbonyl (C=O) groups is 2. The SMILES string of the molecule is CC[C@H](CC(=O)N1CC(CNC(=O)C2CCc3n[nH]nc3C2)C1)C(C)C. The van der Waals surface area contributed by atoms with E-state index in [0.717, 1.165) is 43.7 Å². The van der Waals surface area contributed by atoms with Gasteiger partial charge in [0.05, 0.1) is 11.4 Å². The summed E-state index contributed by atoms with van der Waals surface area (Å²) in [7, 11) is 0. The molecule has 7 heteroatoms. The van der Waals surface area contributed by atoms with E-state index in [2.05, 4.69) is 41.5 Å². The number of amides is 2. The second kappa shape index (κ2) is 8.18. The first-order valence-corrected chi connectivity index (χ1v) is 9.91. The fourth-order valence-corrected chi connectivity index (χ4v) is 4.01. The van der Waals surface area contributed by atoms with Gasteiger partial charge in [0, 0.05) is 44.3 Å². The van der Waals surface area contributed by atoms with Crippen LogP contribution in [0.4, 0.5) is 0 Å². The van der Waals surface area contributed by atoms with Crippen LogP contribution >= 0.6 is 0 Å². The summed E-state index contributed by atoms with van der Waals surface area (Å²) in [4.78, 5) is 26.7. The van der Waals surface area contributed by atoms with Crippen molar-refractivity contribution in [3.8, 4) is 0 Å². The third-order valence-corrected chi connectivity index (χ3v) is 6.02. The molecule has 144 valence electrons. The Morgan fingerprint density at radius 3 is 2.69 bits per heavy atom. The number of hydrogen-bond acceptors (Lipinski definition) is 4. The Kier molecular flexibility index (Phi) is 5.94. The molecule has 2 atom stereocenters. The number of likely N-dealkylation sites (tertiary alicyclic amines) is 1. The van der Waals surface area contributed by atoms with Crippen LogP contribution in [0.2, 0.25) is 0 Å². The van der Waals surface area contributed by atoms with Gasteiger partial charge in [-0.15, -0.1) is 0 Å². The standard InChI is InChI=1S/C19H31N5O2/c1-4-14(12(2)3)8-18(25)24-10-13(11-24)9-20-19(26)15-5-6-16-17(7-15)22-23-21-16/h12-15H,4-11H2,1-3H3,(H,20,26)(H,21,22,23)/t14-,15?/m1/s1. The molecule has 1 aliphatic carbocycles. The summed E-state index contributed by atoms with van der Waals surface area (Å²) in [5, 5.41) is 13.9. The van der Waals surface area contributed by atoms with Gasteiger partial charge < -0.3 is 10.2 Å². The van der Waals surface area contributed by atoms with E-state index in [0.29, 0.717) is 37.1 Å². The first-order chi connectivity index (χ1) is 12.5. The Morgan fingerprint density at radius 1 is 1.27 bits per heavy atom. The highest BCUT2D eigenvalue weighted by molar-refractivity contribution is 5.79. The lowest BCUT2D eigenvalue weighted by Crippen LogP contribution is -2.54. The Hall–Kier alpha value is -1.92. The van der Waals surface area contributed by atoms with Crippen molar-refractivity contribution in [2.24, 2.45) is 23.7 Å². The maximum Gasteiger partial charge on any atom is 0.223 e. The minimum Gasteiger partial charge on any atom is -0.355 e. The summed E-state index contributed by atoms with van der Waals surface area (Å²) in [5.74, 6) is 1.75. The van der Waals surface area contributed by atoms with Gasteiger partial charge in [-0.2, -0.15) is 15.4 Å². The number of fused-ring (bicyclic) bond motifs is 1. The minimum atomic E-state index is -0.0123. The summed E-state index contributed by atoms with van der Waals surface area (Å²) in [6, 6.07) is 0. The van der Waals surface area contributed by atoms with Gasteiger partial charge in [-0.25, -0.2) is 0 Å². The van der Waals surface area contributed by atoms with Crippen molar-refractivity contribution in [3.05, 3.63) is 11.4 Å². The van der Waals surface area contributed by atoms with Gasteiger partial charge in [-0.05, 0) is 24.7 Å². The van der Waals surface area contributed by atoms with Crippen LogP contribution < -0.4 is 5.32 Å². The van der Waals surface area contributed by atoms with Gasteiger partial charge in [0.1, 0.15) is 0 Å². The van der Waals surface area contributed by atoms with Gasteiger partial charge in [0.25, 0.3) is 0 Å². The number of aryl methyl sites for hydroxylation is 1. The molecule has 3 rings (SSSR count). The first kappa shape index (κ1) is 18.9. The van der Waals surface area contributed by atoms with Crippen LogP contribution in [0.1, 0.15) is 51.4 Å². The van der Waals surface area contributed by atoms with Gasteiger partial charge in [-0.1, -0.05) is 27.2 Å². The predicted octanol–water partition coefficient (Wildman–Crippen LogP) is 1.56. The lowest BCUT2D eigenvalue weighted by atomic mass is 9.88. The molecule has 0 aromatic carbocycles. The van der Waals surface area contributed by atoms with E-state index in [1.165, 1.54) is 0 Å². The zero-order chi connectivity index (χ0) is 18.7. The highest BCUT2D eigenvalue weighted by Crippen LogP contribution is 2.24. The van der Waals surface area contributed by atoms with Gasteiger partial charge in [0.15, 0.2) is 0 Å². The molecule has 26 heavy (non-hydrogen) atoms. The average Bonchev–Trinajstić information content (AvgIpc) is 3.05. The number of carbonyl (C=O) groups excluding carboxylic acids is 2. The molecule has 0 saturated carbocycles. The summed E-state index contributed by atoms with van der Waals surface area (Å²) in [6.45, 7) is 8.72. The van der Waals surface area contributed by atoms with Crippen LogP contribution in [0.15, 0.2) is 0 Å². The van der Waals surface area contributed by atoms with Gasteiger partial charge in [0.2, 0.25) is 11.8 Å². The molecule has 7 nitrogen and oxygen atoms in total. The highest BCUT2D eigenvalue weighted by atomic mass is 16.2. The molecule has 1 saturated heterocycles.